The van der Waals surface area contributed by atoms with Crippen LogP contribution in [0.2, 0.25) is 0 Å². The summed E-state index contributed by atoms with van der Waals surface area (Å²) in [5, 5.41) is 2.38. The van der Waals surface area contributed by atoms with Gasteiger partial charge in [0.05, 0.1) is 14.2 Å². The van der Waals surface area contributed by atoms with Crippen LogP contribution in [0, 0.1) is 17.7 Å². The minimum atomic E-state index is -0.578. The van der Waals surface area contributed by atoms with Crippen LogP contribution in [0.1, 0.15) is 16.1 Å². The molecule has 0 fully saturated rings. The molecule has 140 valence electrons. The molecule has 1 N–H and O–H groups in total. The van der Waals surface area contributed by atoms with Gasteiger partial charge in [-0.15, -0.1) is 0 Å². The molecule has 1 amide bonds. The number of pyridine rings is 1. The maximum absolute atomic E-state index is 12.8. The van der Waals surface area contributed by atoms with E-state index in [1.807, 2.05) is 0 Å². The summed E-state index contributed by atoms with van der Waals surface area (Å²) in [5.74, 6) is 4.83. The number of methoxy groups -OCH3 is 2. The molecule has 0 radical (unpaired) electrons. The van der Waals surface area contributed by atoms with Gasteiger partial charge in [0.1, 0.15) is 24.7 Å². The van der Waals surface area contributed by atoms with Gasteiger partial charge in [-0.05, 0) is 30.3 Å². The lowest BCUT2D eigenvalue weighted by Gasteiger charge is -2.08. The van der Waals surface area contributed by atoms with Crippen molar-refractivity contribution in [2.75, 3.05) is 27.4 Å². The van der Waals surface area contributed by atoms with Crippen LogP contribution in [0.4, 0.5) is 4.39 Å². The molecule has 0 atom stereocenters. The number of benzene rings is 1. The second kappa shape index (κ2) is 9.77. The Kier molecular flexibility index (Phi) is 7.14. The summed E-state index contributed by atoms with van der Waals surface area (Å²) >= 11 is 0. The number of ether oxygens (including phenoxy) is 3. The van der Waals surface area contributed by atoms with Crippen molar-refractivity contribution < 1.29 is 28.2 Å². The summed E-state index contributed by atoms with van der Waals surface area (Å²) < 4.78 is 27.8. The van der Waals surface area contributed by atoms with Gasteiger partial charge in [0.25, 0.3) is 5.91 Å². The summed E-state index contributed by atoms with van der Waals surface area (Å²) in [5.41, 5.74) is 0.536. The van der Waals surface area contributed by atoms with E-state index >= 15 is 0 Å². The molecule has 1 aromatic heterocycles. The first-order chi connectivity index (χ1) is 13.0. The molecule has 0 unspecified atom stereocenters. The van der Waals surface area contributed by atoms with E-state index in [0.717, 1.165) is 0 Å². The second-order valence-corrected chi connectivity index (χ2v) is 5.08. The lowest BCUT2D eigenvalue weighted by molar-refractivity contribution is -0.139. The van der Waals surface area contributed by atoms with Gasteiger partial charge in [-0.2, -0.15) is 0 Å². The van der Waals surface area contributed by atoms with Crippen molar-refractivity contribution in [2.24, 2.45) is 0 Å². The van der Waals surface area contributed by atoms with E-state index in [0.29, 0.717) is 11.3 Å². The highest BCUT2D eigenvalue weighted by Gasteiger charge is 2.15. The van der Waals surface area contributed by atoms with E-state index in [1.165, 1.54) is 44.7 Å². The Labute approximate surface area is 155 Å². The number of hydrogen-bond donors (Lipinski definition) is 1. The predicted molar refractivity (Wildman–Crippen MR) is 93.9 cm³/mol. The largest absolute Gasteiger partial charge is 0.494 e. The SMILES string of the molecule is COC(=O)CNC(=O)c1ncc(C#CCOc2ccc(F)cc2)cc1OC. The quantitative estimate of drug-likeness (QED) is 0.612. The van der Waals surface area contributed by atoms with Crippen LogP contribution in [0.25, 0.3) is 0 Å². The van der Waals surface area contributed by atoms with Gasteiger partial charge in [-0.3, -0.25) is 9.59 Å². The third-order valence-corrected chi connectivity index (χ3v) is 3.27. The Balaban J connectivity index is 1.99. The van der Waals surface area contributed by atoms with Crippen molar-refractivity contribution in [1.29, 1.82) is 0 Å². The van der Waals surface area contributed by atoms with Gasteiger partial charge in [-0.1, -0.05) is 11.8 Å². The number of esters is 1. The van der Waals surface area contributed by atoms with Crippen molar-refractivity contribution in [2.45, 2.75) is 0 Å². The highest BCUT2D eigenvalue weighted by atomic mass is 19.1. The molecule has 0 spiro atoms. The van der Waals surface area contributed by atoms with Crippen LogP contribution in [0.3, 0.4) is 0 Å². The van der Waals surface area contributed by atoms with E-state index in [2.05, 4.69) is 26.9 Å². The number of rotatable bonds is 6. The molecule has 0 aliphatic carbocycles. The van der Waals surface area contributed by atoms with E-state index in [1.54, 1.807) is 6.07 Å². The summed E-state index contributed by atoms with van der Waals surface area (Å²) in [6, 6.07) is 7.14. The monoisotopic (exact) mass is 372 g/mol. The number of hydrogen-bond acceptors (Lipinski definition) is 6. The minimum absolute atomic E-state index is 0.0227. The summed E-state index contributed by atoms with van der Waals surface area (Å²) in [7, 11) is 2.61. The maximum atomic E-state index is 12.8. The Hall–Kier alpha value is -3.60. The maximum Gasteiger partial charge on any atom is 0.325 e. The molecule has 0 saturated carbocycles. The van der Waals surface area contributed by atoms with Crippen LogP contribution in [-0.2, 0) is 9.53 Å². The summed E-state index contributed by atoms with van der Waals surface area (Å²) in [6.45, 7) is -0.183. The van der Waals surface area contributed by atoms with E-state index < -0.39 is 11.9 Å². The molecule has 0 saturated heterocycles. The van der Waals surface area contributed by atoms with E-state index in [4.69, 9.17) is 9.47 Å². The normalized spacial score (nSPS) is 9.59. The van der Waals surface area contributed by atoms with Crippen LogP contribution >= 0.6 is 0 Å². The number of aromatic nitrogens is 1. The van der Waals surface area contributed by atoms with Gasteiger partial charge in [0, 0.05) is 11.8 Å². The van der Waals surface area contributed by atoms with Crippen molar-refractivity contribution >= 4 is 11.9 Å². The number of amides is 1. The Morgan fingerprint density at radius 3 is 2.63 bits per heavy atom. The second-order valence-electron chi connectivity index (χ2n) is 5.08. The highest BCUT2D eigenvalue weighted by Crippen LogP contribution is 2.17. The zero-order valence-corrected chi connectivity index (χ0v) is 14.7. The summed E-state index contributed by atoms with van der Waals surface area (Å²) in [6.07, 6.45) is 1.40. The Morgan fingerprint density at radius 1 is 1.22 bits per heavy atom. The van der Waals surface area contributed by atoms with Crippen molar-refractivity contribution in [3.8, 4) is 23.3 Å². The molecule has 2 aromatic rings. The fraction of sp³-hybridized carbons (Fsp3) is 0.211. The molecule has 1 aromatic carbocycles. The molecule has 0 aliphatic rings. The van der Waals surface area contributed by atoms with Gasteiger partial charge >= 0.3 is 5.97 Å². The van der Waals surface area contributed by atoms with Crippen LogP contribution in [0.15, 0.2) is 36.5 Å². The lowest BCUT2D eigenvalue weighted by Crippen LogP contribution is -2.31. The fourth-order valence-electron chi connectivity index (χ4n) is 1.94. The molecular formula is C19H17FN2O5. The molecule has 8 heteroatoms. The third kappa shape index (κ3) is 6.01. The van der Waals surface area contributed by atoms with E-state index in [-0.39, 0.29) is 30.4 Å². The lowest BCUT2D eigenvalue weighted by atomic mass is 10.2. The van der Waals surface area contributed by atoms with Gasteiger partial charge in [-0.25, -0.2) is 9.37 Å². The first kappa shape index (κ1) is 19.7. The molecular weight excluding hydrogens is 355 g/mol. The van der Waals surface area contributed by atoms with Gasteiger partial charge < -0.3 is 19.5 Å². The number of nitrogens with one attached hydrogen (secondary N) is 1. The smallest absolute Gasteiger partial charge is 0.325 e. The van der Waals surface area contributed by atoms with Crippen LogP contribution in [-0.4, -0.2) is 44.2 Å². The number of carbonyl (C=O) groups excluding carboxylic acids is 2. The highest BCUT2D eigenvalue weighted by molar-refractivity contribution is 5.96. The number of halogens is 1. The van der Waals surface area contributed by atoms with Crippen LogP contribution < -0.4 is 14.8 Å². The first-order valence-corrected chi connectivity index (χ1v) is 7.79. The minimum Gasteiger partial charge on any atom is -0.494 e. The topological polar surface area (TPSA) is 86.8 Å². The fourth-order valence-corrected chi connectivity index (χ4v) is 1.94. The average Bonchev–Trinajstić information content (AvgIpc) is 2.70. The van der Waals surface area contributed by atoms with Crippen molar-refractivity contribution in [3.63, 3.8) is 0 Å². The standard InChI is InChI=1S/C19H17FN2O5/c1-25-16-10-13(4-3-9-27-15-7-5-14(20)6-8-15)11-21-18(16)19(24)22-12-17(23)26-2/h5-8,10-11H,9,12H2,1-2H3,(H,22,24). The predicted octanol–water partition coefficient (Wildman–Crippen LogP) is 1.56. The van der Waals surface area contributed by atoms with E-state index in [9.17, 15) is 14.0 Å². The van der Waals surface area contributed by atoms with Crippen molar-refractivity contribution in [3.05, 3.63) is 53.6 Å². The molecule has 27 heavy (non-hydrogen) atoms. The Morgan fingerprint density at radius 2 is 1.96 bits per heavy atom. The molecule has 2 rings (SSSR count). The number of nitrogens with zero attached hydrogens (tertiary/aromatic N) is 1. The zero-order chi connectivity index (χ0) is 19.6. The first-order valence-electron chi connectivity index (χ1n) is 7.79. The third-order valence-electron chi connectivity index (χ3n) is 3.27. The average molecular weight is 372 g/mol. The molecule has 0 bridgehead atoms. The molecule has 7 nitrogen and oxygen atoms in total. The Bertz CT molecular complexity index is 872. The van der Waals surface area contributed by atoms with Gasteiger partial charge in [0.2, 0.25) is 0 Å². The number of carbonyl (C=O) groups is 2. The van der Waals surface area contributed by atoms with Crippen molar-refractivity contribution in [1.82, 2.24) is 10.3 Å². The molecule has 1 heterocycles. The zero-order valence-electron chi connectivity index (χ0n) is 14.7. The summed E-state index contributed by atoms with van der Waals surface area (Å²) in [4.78, 5) is 27.2. The molecule has 0 aliphatic heterocycles. The van der Waals surface area contributed by atoms with Gasteiger partial charge in [0.15, 0.2) is 11.4 Å². The van der Waals surface area contributed by atoms with Crippen LogP contribution in [0.5, 0.6) is 11.5 Å².